The van der Waals surface area contributed by atoms with Crippen LogP contribution in [0.25, 0.3) is 0 Å². The van der Waals surface area contributed by atoms with E-state index in [1.807, 2.05) is 41.5 Å². The van der Waals surface area contributed by atoms with Gasteiger partial charge in [0.05, 0.1) is 12.8 Å². The Morgan fingerprint density at radius 3 is 1.32 bits per heavy atom. The van der Waals surface area contributed by atoms with E-state index in [-0.39, 0.29) is 0 Å². The Hall–Kier alpha value is -0.540. The molecule has 0 radical (unpaired) electrons. The Labute approximate surface area is 133 Å². The standard InChI is InChI=1S/C3H8NO5P.3C3H9N/c5-3(6)1-4-2-10(7,8)9;3*1-3(2)4/h4H,1-2H2,(H,5,6)(H2,7,8,9);3*3H,4H2,1-2H3. The molecule has 0 heterocycles. The van der Waals surface area contributed by atoms with Crippen LogP contribution in [0.15, 0.2) is 0 Å². The summed E-state index contributed by atoms with van der Waals surface area (Å²) in [5.74, 6) is -1.14. The lowest BCUT2D eigenvalue weighted by Crippen LogP contribution is -2.23. The normalized spacial score (nSPS) is 10.1. The topological polar surface area (TPSA) is 185 Å². The van der Waals surface area contributed by atoms with Crippen molar-refractivity contribution in [1.82, 2.24) is 5.32 Å². The number of aliphatic carboxylic acids is 1. The second kappa shape index (κ2) is 18.5. The molecule has 22 heavy (non-hydrogen) atoms. The molecule has 0 rings (SSSR count). The lowest BCUT2D eigenvalue weighted by atomic mass is 10.4. The summed E-state index contributed by atoms with van der Waals surface area (Å²) in [7, 11) is -4.10. The number of nitrogens with two attached hydrogens (primary N) is 3. The molecule has 0 unspecified atom stereocenters. The highest BCUT2D eigenvalue weighted by Gasteiger charge is 2.11. The third kappa shape index (κ3) is 159. The average molecular weight is 346 g/mol. The number of carboxylic acid groups (broad SMARTS) is 1. The molecule has 10 heteroatoms. The summed E-state index contributed by atoms with van der Waals surface area (Å²) in [6.45, 7) is 11.2. The second-order valence-corrected chi connectivity index (χ2v) is 7.02. The van der Waals surface area contributed by atoms with Gasteiger partial charge in [-0.3, -0.25) is 14.7 Å². The van der Waals surface area contributed by atoms with Crippen LogP contribution in [0, 0.1) is 0 Å². The molecule has 0 aliphatic carbocycles. The molecule has 0 aliphatic heterocycles. The van der Waals surface area contributed by atoms with Crippen LogP contribution in [0.2, 0.25) is 0 Å². The van der Waals surface area contributed by atoms with Crippen molar-refractivity contribution in [1.29, 1.82) is 0 Å². The van der Waals surface area contributed by atoms with Gasteiger partial charge in [-0.15, -0.1) is 0 Å². The van der Waals surface area contributed by atoms with Crippen molar-refractivity contribution in [3.05, 3.63) is 0 Å². The smallest absolute Gasteiger partial charge is 0.339 e. The molecule has 0 aliphatic rings. The van der Waals surface area contributed by atoms with Crippen LogP contribution in [0.3, 0.4) is 0 Å². The van der Waals surface area contributed by atoms with Crippen LogP contribution in [0.5, 0.6) is 0 Å². The number of rotatable bonds is 4. The summed E-state index contributed by atoms with van der Waals surface area (Å²) in [6.07, 6.45) is -0.598. The van der Waals surface area contributed by atoms with Crippen LogP contribution in [0.4, 0.5) is 0 Å². The third-order valence-electron chi connectivity index (χ3n) is 0.594. The maximum absolute atomic E-state index is 10.1. The van der Waals surface area contributed by atoms with Crippen LogP contribution < -0.4 is 22.5 Å². The minimum Gasteiger partial charge on any atom is -0.480 e. The zero-order valence-electron chi connectivity index (χ0n) is 14.5. The summed E-state index contributed by atoms with van der Waals surface area (Å²) in [4.78, 5) is 26.1. The van der Waals surface area contributed by atoms with E-state index >= 15 is 0 Å². The van der Waals surface area contributed by atoms with E-state index in [1.165, 1.54) is 0 Å². The molecular weight excluding hydrogens is 311 g/mol. The zero-order valence-corrected chi connectivity index (χ0v) is 15.4. The SMILES string of the molecule is CC(C)N.CC(C)N.CC(C)N.O=C(O)CNCP(=O)(O)O. The molecule has 0 amide bonds. The molecule has 0 atom stereocenters. The Balaban J connectivity index is -0.000000112. The van der Waals surface area contributed by atoms with E-state index in [2.05, 4.69) is 5.32 Å². The maximum atomic E-state index is 10.1. The molecule has 10 N–H and O–H groups in total. The number of hydrogen-bond donors (Lipinski definition) is 7. The van der Waals surface area contributed by atoms with E-state index in [0.29, 0.717) is 18.1 Å². The number of carboxylic acids is 1. The lowest BCUT2D eigenvalue weighted by Gasteiger charge is -2.02. The Morgan fingerprint density at radius 2 is 1.18 bits per heavy atom. The lowest BCUT2D eigenvalue weighted by molar-refractivity contribution is -0.135. The third-order valence-corrected chi connectivity index (χ3v) is 1.23. The second-order valence-electron chi connectivity index (χ2n) is 5.38. The van der Waals surface area contributed by atoms with Crippen LogP contribution in [-0.2, 0) is 9.36 Å². The summed E-state index contributed by atoms with van der Waals surface area (Å²) in [5, 5.41) is 10.1. The highest BCUT2D eigenvalue weighted by atomic mass is 31.2. The quantitative estimate of drug-likeness (QED) is 0.340. The fourth-order valence-corrected chi connectivity index (χ4v) is 0.712. The molecule has 0 aromatic heterocycles. The van der Waals surface area contributed by atoms with Gasteiger partial charge in [-0.2, -0.15) is 0 Å². The Kier molecular flexibility index (Phi) is 24.8. The van der Waals surface area contributed by atoms with Gasteiger partial charge < -0.3 is 32.1 Å². The van der Waals surface area contributed by atoms with Crippen LogP contribution in [-0.4, -0.2) is 51.8 Å². The van der Waals surface area contributed by atoms with Gasteiger partial charge in [0, 0.05) is 0 Å². The molecule has 0 spiro atoms. The fourth-order valence-electron chi connectivity index (χ4n) is 0.308. The average Bonchev–Trinajstić information content (AvgIpc) is 2.10. The van der Waals surface area contributed by atoms with Crippen LogP contribution in [0.1, 0.15) is 41.5 Å². The van der Waals surface area contributed by atoms with E-state index in [0.717, 1.165) is 0 Å². The predicted octanol–water partition coefficient (Wildman–Crippen LogP) is -0.144. The van der Waals surface area contributed by atoms with Crippen molar-refractivity contribution < 1.29 is 24.3 Å². The van der Waals surface area contributed by atoms with Gasteiger partial charge in [0.2, 0.25) is 0 Å². The minimum absolute atomic E-state index is 0.333. The van der Waals surface area contributed by atoms with E-state index in [1.54, 1.807) is 0 Å². The summed E-state index contributed by atoms with van der Waals surface area (Å²) >= 11 is 0. The molecule has 0 bridgehead atoms. The fraction of sp³-hybridized carbons (Fsp3) is 0.917. The molecule has 0 fully saturated rings. The highest BCUT2D eigenvalue weighted by Crippen LogP contribution is 2.31. The largest absolute Gasteiger partial charge is 0.480 e. The van der Waals surface area contributed by atoms with Gasteiger partial charge in [-0.25, -0.2) is 0 Å². The number of carbonyl (C=O) groups is 1. The predicted molar refractivity (Wildman–Crippen MR) is 90.5 cm³/mol. The van der Waals surface area contributed by atoms with E-state index in [4.69, 9.17) is 32.1 Å². The molecule has 138 valence electrons. The van der Waals surface area contributed by atoms with Gasteiger partial charge in [0.25, 0.3) is 0 Å². The van der Waals surface area contributed by atoms with Gasteiger partial charge >= 0.3 is 13.6 Å². The number of hydrogen-bond acceptors (Lipinski definition) is 6. The molecule has 0 aromatic rings. The summed E-state index contributed by atoms with van der Waals surface area (Å²) < 4.78 is 10.1. The molecular formula is C12H35N4O5P. The summed E-state index contributed by atoms with van der Waals surface area (Å²) in [6, 6.07) is 1.000. The molecule has 9 nitrogen and oxygen atoms in total. The van der Waals surface area contributed by atoms with E-state index < -0.39 is 26.4 Å². The first-order valence-corrected chi connectivity index (χ1v) is 8.65. The van der Waals surface area contributed by atoms with Gasteiger partial charge in [-0.05, 0) is 18.1 Å². The van der Waals surface area contributed by atoms with Crippen molar-refractivity contribution in [3.63, 3.8) is 0 Å². The van der Waals surface area contributed by atoms with Crippen LogP contribution >= 0.6 is 7.60 Å². The Bertz CT molecular complexity index is 260. The first-order valence-electron chi connectivity index (χ1n) is 6.85. The highest BCUT2D eigenvalue weighted by molar-refractivity contribution is 7.51. The molecule has 0 aromatic carbocycles. The van der Waals surface area contributed by atoms with Crippen molar-refractivity contribution in [2.75, 3.05) is 12.8 Å². The summed E-state index contributed by atoms with van der Waals surface area (Å²) in [5.41, 5.74) is 15.3. The first kappa shape index (κ1) is 29.5. The van der Waals surface area contributed by atoms with Crippen molar-refractivity contribution >= 4 is 13.6 Å². The minimum atomic E-state index is -4.10. The van der Waals surface area contributed by atoms with E-state index in [9.17, 15) is 9.36 Å². The molecule has 0 saturated carbocycles. The van der Waals surface area contributed by atoms with Gasteiger partial charge in [0.15, 0.2) is 0 Å². The maximum Gasteiger partial charge on any atom is 0.339 e. The number of nitrogens with one attached hydrogen (secondary N) is 1. The monoisotopic (exact) mass is 346 g/mol. The van der Waals surface area contributed by atoms with Crippen molar-refractivity contribution in [3.8, 4) is 0 Å². The molecule has 0 saturated heterocycles. The van der Waals surface area contributed by atoms with Gasteiger partial charge in [-0.1, -0.05) is 41.5 Å². The van der Waals surface area contributed by atoms with Crippen molar-refractivity contribution in [2.45, 2.75) is 59.7 Å². The zero-order chi connectivity index (χ0) is 18.9. The Morgan fingerprint density at radius 1 is 0.955 bits per heavy atom. The van der Waals surface area contributed by atoms with Gasteiger partial charge in [0.1, 0.15) is 0 Å². The first-order chi connectivity index (χ1) is 9.61. The van der Waals surface area contributed by atoms with Crippen molar-refractivity contribution in [2.24, 2.45) is 17.2 Å².